The molecule has 0 aliphatic carbocycles. The second-order valence-corrected chi connectivity index (χ2v) is 7.48. The lowest BCUT2D eigenvalue weighted by Crippen LogP contribution is -2.24. The zero-order chi connectivity index (χ0) is 19.8. The predicted molar refractivity (Wildman–Crippen MR) is 95.2 cm³/mol. The first-order valence-corrected chi connectivity index (χ1v) is 9.38. The van der Waals surface area contributed by atoms with Crippen LogP contribution >= 0.6 is 11.6 Å². The van der Waals surface area contributed by atoms with Crippen molar-refractivity contribution in [2.45, 2.75) is 10.8 Å². The Hall–Kier alpha value is -2.82. The average molecular weight is 410 g/mol. The monoisotopic (exact) mass is 409 g/mol. The second kappa shape index (κ2) is 7.06. The van der Waals surface area contributed by atoms with Crippen molar-refractivity contribution in [3.8, 4) is 5.69 Å². The molecule has 1 atom stereocenters. The fraction of sp³-hybridized carbons (Fsp3) is 0.0625. The van der Waals surface area contributed by atoms with Gasteiger partial charge in [0.15, 0.2) is 5.82 Å². The molecule has 1 aromatic carbocycles. The van der Waals surface area contributed by atoms with Gasteiger partial charge >= 0.3 is 0 Å². The van der Waals surface area contributed by atoms with Gasteiger partial charge in [-0.25, -0.2) is 27.6 Å². The van der Waals surface area contributed by atoms with E-state index in [0.717, 1.165) is 17.1 Å². The second-order valence-electron chi connectivity index (χ2n) is 5.59. The van der Waals surface area contributed by atoms with Crippen LogP contribution in [0.1, 0.15) is 17.0 Å². The van der Waals surface area contributed by atoms with E-state index in [2.05, 4.69) is 10.1 Å². The molecular weight excluding hydrogens is 397 g/mol. The fourth-order valence-corrected chi connectivity index (χ4v) is 3.65. The molecule has 3 aromatic rings. The lowest BCUT2D eigenvalue weighted by Gasteiger charge is -2.17. The number of carbonyl (C=O) groups excluding carboxylic acids is 1. The highest BCUT2D eigenvalue weighted by Gasteiger charge is 2.26. The molecule has 0 fully saturated rings. The van der Waals surface area contributed by atoms with E-state index in [1.807, 2.05) is 0 Å². The number of hydrogen-bond acceptors (Lipinski definition) is 5. The standard InChI is InChI=1S/C16H13ClFN5O3S/c17-15-11(2-1-5-21-15)14(16(19)24)9-3-4-12(13(6-9)27(20,25)26)23-8-10(18)7-22-23/h1-8,14H,(H2,19,24)(H2,20,25,26). The van der Waals surface area contributed by atoms with Gasteiger partial charge in [0.1, 0.15) is 10.0 Å². The zero-order valence-electron chi connectivity index (χ0n) is 13.6. The van der Waals surface area contributed by atoms with Gasteiger partial charge in [-0.3, -0.25) is 4.79 Å². The van der Waals surface area contributed by atoms with Gasteiger partial charge in [0, 0.05) is 11.8 Å². The summed E-state index contributed by atoms with van der Waals surface area (Å²) in [7, 11) is -4.23. The van der Waals surface area contributed by atoms with E-state index in [0.29, 0.717) is 5.56 Å². The van der Waals surface area contributed by atoms with Crippen molar-refractivity contribution in [2.24, 2.45) is 10.9 Å². The first-order valence-electron chi connectivity index (χ1n) is 7.45. The van der Waals surface area contributed by atoms with Gasteiger partial charge in [0.25, 0.3) is 0 Å². The maximum absolute atomic E-state index is 13.3. The molecule has 3 rings (SSSR count). The molecule has 1 amide bonds. The summed E-state index contributed by atoms with van der Waals surface area (Å²) in [5.41, 5.74) is 6.07. The molecule has 2 heterocycles. The molecule has 0 spiro atoms. The summed E-state index contributed by atoms with van der Waals surface area (Å²) >= 11 is 6.05. The Morgan fingerprint density at radius 1 is 1.30 bits per heavy atom. The average Bonchev–Trinajstić information content (AvgIpc) is 3.02. The Morgan fingerprint density at radius 3 is 2.59 bits per heavy atom. The van der Waals surface area contributed by atoms with Gasteiger partial charge in [-0.2, -0.15) is 5.10 Å². The van der Waals surface area contributed by atoms with Crippen molar-refractivity contribution in [1.82, 2.24) is 14.8 Å². The van der Waals surface area contributed by atoms with Crippen molar-refractivity contribution in [2.75, 3.05) is 0 Å². The van der Waals surface area contributed by atoms with Crippen LogP contribution in [-0.2, 0) is 14.8 Å². The van der Waals surface area contributed by atoms with Crippen LogP contribution in [-0.4, -0.2) is 29.1 Å². The molecule has 2 aromatic heterocycles. The Labute approximate surface area is 158 Å². The van der Waals surface area contributed by atoms with Crippen molar-refractivity contribution in [3.63, 3.8) is 0 Å². The summed E-state index contributed by atoms with van der Waals surface area (Å²) in [4.78, 5) is 15.6. The highest BCUT2D eigenvalue weighted by Crippen LogP contribution is 2.31. The molecule has 8 nitrogen and oxygen atoms in total. The lowest BCUT2D eigenvalue weighted by molar-refractivity contribution is -0.118. The number of primary sulfonamides is 1. The number of sulfonamides is 1. The Morgan fingerprint density at radius 2 is 2.04 bits per heavy atom. The molecule has 27 heavy (non-hydrogen) atoms. The van der Waals surface area contributed by atoms with E-state index in [4.69, 9.17) is 22.5 Å². The normalized spacial score (nSPS) is 12.7. The summed E-state index contributed by atoms with van der Waals surface area (Å²) in [5, 5.41) is 9.09. The van der Waals surface area contributed by atoms with Crippen LogP contribution in [0.15, 0.2) is 53.8 Å². The van der Waals surface area contributed by atoms with Crippen LogP contribution in [0.2, 0.25) is 5.15 Å². The molecule has 0 bridgehead atoms. The maximum Gasteiger partial charge on any atom is 0.240 e. The van der Waals surface area contributed by atoms with Gasteiger partial charge in [-0.1, -0.05) is 23.7 Å². The third kappa shape index (κ3) is 3.82. The minimum Gasteiger partial charge on any atom is -0.369 e. The Balaban J connectivity index is 2.22. The number of aromatic nitrogens is 3. The lowest BCUT2D eigenvalue weighted by atomic mass is 9.91. The molecule has 4 N–H and O–H groups in total. The molecule has 140 valence electrons. The molecule has 0 saturated carbocycles. The topological polar surface area (TPSA) is 134 Å². The summed E-state index contributed by atoms with van der Waals surface area (Å²) in [6.45, 7) is 0. The highest BCUT2D eigenvalue weighted by molar-refractivity contribution is 7.89. The van der Waals surface area contributed by atoms with E-state index < -0.39 is 27.7 Å². The molecule has 0 radical (unpaired) electrons. The number of nitrogens with two attached hydrogens (primary N) is 2. The number of carbonyl (C=O) groups is 1. The Kier molecular flexibility index (Phi) is 4.96. The number of primary amides is 1. The SMILES string of the molecule is NC(=O)C(c1ccc(-n2cc(F)cn2)c(S(N)(=O)=O)c1)c1cccnc1Cl. The van der Waals surface area contributed by atoms with Crippen LogP contribution in [0.5, 0.6) is 0 Å². The number of rotatable bonds is 5. The van der Waals surface area contributed by atoms with E-state index in [1.165, 1.54) is 24.4 Å². The number of halogens is 2. The summed E-state index contributed by atoms with van der Waals surface area (Å²) in [6.07, 6.45) is 3.35. The van der Waals surface area contributed by atoms with Crippen LogP contribution in [0.4, 0.5) is 4.39 Å². The number of hydrogen-bond donors (Lipinski definition) is 2. The minimum absolute atomic E-state index is 0.0191. The third-order valence-electron chi connectivity index (χ3n) is 3.81. The first kappa shape index (κ1) is 19.0. The van der Waals surface area contributed by atoms with Crippen molar-refractivity contribution >= 4 is 27.5 Å². The van der Waals surface area contributed by atoms with Crippen LogP contribution in [0, 0.1) is 5.82 Å². The fourth-order valence-electron chi connectivity index (χ4n) is 2.67. The van der Waals surface area contributed by atoms with Gasteiger partial charge in [0.2, 0.25) is 15.9 Å². The van der Waals surface area contributed by atoms with Gasteiger partial charge in [0.05, 0.1) is 24.0 Å². The number of benzene rings is 1. The van der Waals surface area contributed by atoms with Crippen LogP contribution in [0.3, 0.4) is 0 Å². The van der Waals surface area contributed by atoms with E-state index >= 15 is 0 Å². The van der Waals surface area contributed by atoms with Gasteiger partial charge in [-0.05, 0) is 23.8 Å². The molecule has 0 aliphatic rings. The van der Waals surface area contributed by atoms with E-state index in [9.17, 15) is 17.6 Å². The van der Waals surface area contributed by atoms with E-state index in [1.54, 1.807) is 12.1 Å². The quantitative estimate of drug-likeness (QED) is 0.613. The zero-order valence-corrected chi connectivity index (χ0v) is 15.2. The maximum atomic E-state index is 13.3. The summed E-state index contributed by atoms with van der Waals surface area (Å²) in [6, 6.07) is 7.11. The number of amides is 1. The largest absolute Gasteiger partial charge is 0.369 e. The summed E-state index contributed by atoms with van der Waals surface area (Å²) < 4.78 is 38.4. The highest BCUT2D eigenvalue weighted by atomic mass is 35.5. The van der Waals surface area contributed by atoms with E-state index in [-0.39, 0.29) is 21.3 Å². The number of nitrogens with zero attached hydrogens (tertiary/aromatic N) is 3. The van der Waals surface area contributed by atoms with Crippen LogP contribution < -0.4 is 10.9 Å². The molecule has 0 aliphatic heterocycles. The van der Waals surface area contributed by atoms with Crippen LogP contribution in [0.25, 0.3) is 5.69 Å². The summed E-state index contributed by atoms with van der Waals surface area (Å²) in [5.74, 6) is -2.48. The predicted octanol–water partition coefficient (Wildman–Crippen LogP) is 1.32. The van der Waals surface area contributed by atoms with Gasteiger partial charge in [-0.15, -0.1) is 0 Å². The smallest absolute Gasteiger partial charge is 0.240 e. The van der Waals surface area contributed by atoms with Gasteiger partial charge < -0.3 is 5.73 Å². The third-order valence-corrected chi connectivity index (χ3v) is 5.06. The Bertz CT molecular complexity index is 1130. The molecular formula is C16H13ClFN5O3S. The number of pyridine rings is 1. The molecule has 1 unspecified atom stereocenters. The van der Waals surface area contributed by atoms with Crippen molar-refractivity contribution in [3.05, 3.63) is 71.0 Å². The minimum atomic E-state index is -4.23. The first-order chi connectivity index (χ1) is 12.7. The molecule has 0 saturated heterocycles. The molecule has 11 heteroatoms. The van der Waals surface area contributed by atoms with Crippen molar-refractivity contribution in [1.29, 1.82) is 0 Å². The van der Waals surface area contributed by atoms with Crippen molar-refractivity contribution < 1.29 is 17.6 Å².